The fourth-order valence-corrected chi connectivity index (χ4v) is 2.43. The van der Waals surface area contributed by atoms with Gasteiger partial charge in [0.15, 0.2) is 0 Å². The first-order chi connectivity index (χ1) is 11.1. The monoisotopic (exact) mass is 316 g/mol. The van der Waals surface area contributed by atoms with Crippen LogP contribution in [-0.2, 0) is 9.53 Å². The van der Waals surface area contributed by atoms with Gasteiger partial charge in [-0.1, -0.05) is 31.4 Å². The van der Waals surface area contributed by atoms with Gasteiger partial charge in [0.2, 0.25) is 0 Å². The molecule has 23 heavy (non-hydrogen) atoms. The molecule has 1 aliphatic heterocycles. The lowest BCUT2D eigenvalue weighted by molar-refractivity contribution is -0.147. The minimum Gasteiger partial charge on any atom is -0.494 e. The normalized spacial score (nSPS) is 20.2. The summed E-state index contributed by atoms with van der Waals surface area (Å²) < 4.78 is 10.6. The van der Waals surface area contributed by atoms with Crippen LogP contribution in [0.2, 0.25) is 0 Å². The van der Waals surface area contributed by atoms with E-state index in [1.807, 2.05) is 25.1 Å². The summed E-state index contributed by atoms with van der Waals surface area (Å²) in [4.78, 5) is 24.1. The van der Waals surface area contributed by atoms with Crippen LogP contribution in [0.5, 0.6) is 5.75 Å². The topological polar surface area (TPSA) is 76.7 Å². The first-order valence-electron chi connectivity index (χ1n) is 7.33. The van der Waals surface area contributed by atoms with Crippen LogP contribution in [0.3, 0.4) is 0 Å². The molecule has 0 aromatic heterocycles. The van der Waals surface area contributed by atoms with Gasteiger partial charge in [0.05, 0.1) is 12.6 Å². The molecule has 0 aliphatic carbocycles. The standard InChI is InChI=1S/C17H20N2O4/c1-4-9-23-16(20)14-11(3)18-17(21)19-15(14)12-7-6-8-13(10-12)22-5-2/h4,6-8,10,14-15H,1,3,5,9H2,2H3,(H2,18,19,21)/t14-,15+/m0/s1. The summed E-state index contributed by atoms with van der Waals surface area (Å²) >= 11 is 0. The molecule has 1 aromatic carbocycles. The van der Waals surface area contributed by atoms with Crippen molar-refractivity contribution in [2.45, 2.75) is 13.0 Å². The quantitative estimate of drug-likeness (QED) is 0.623. The molecular weight excluding hydrogens is 296 g/mol. The van der Waals surface area contributed by atoms with Crippen LogP contribution in [0.4, 0.5) is 4.79 Å². The lowest BCUT2D eigenvalue weighted by Crippen LogP contribution is -2.51. The maximum Gasteiger partial charge on any atom is 0.319 e. The summed E-state index contributed by atoms with van der Waals surface area (Å²) in [6, 6.07) is 6.25. The zero-order chi connectivity index (χ0) is 16.8. The van der Waals surface area contributed by atoms with Gasteiger partial charge in [-0.3, -0.25) is 4.79 Å². The van der Waals surface area contributed by atoms with Crippen molar-refractivity contribution in [1.82, 2.24) is 10.6 Å². The molecule has 2 N–H and O–H groups in total. The van der Waals surface area contributed by atoms with E-state index in [4.69, 9.17) is 9.47 Å². The Hall–Kier alpha value is -2.76. The van der Waals surface area contributed by atoms with E-state index in [0.29, 0.717) is 18.1 Å². The summed E-state index contributed by atoms with van der Waals surface area (Å²) in [7, 11) is 0. The summed E-state index contributed by atoms with van der Waals surface area (Å²) in [5.41, 5.74) is 1.04. The first kappa shape index (κ1) is 16.6. The van der Waals surface area contributed by atoms with Crippen molar-refractivity contribution in [3.8, 4) is 5.75 Å². The Morgan fingerprint density at radius 2 is 2.22 bits per heavy atom. The van der Waals surface area contributed by atoms with E-state index >= 15 is 0 Å². The number of carbonyl (C=O) groups is 2. The van der Waals surface area contributed by atoms with Gasteiger partial charge < -0.3 is 20.1 Å². The maximum absolute atomic E-state index is 12.3. The van der Waals surface area contributed by atoms with Crippen molar-refractivity contribution < 1.29 is 19.1 Å². The number of esters is 1. The Kier molecular flexibility index (Phi) is 5.41. The summed E-state index contributed by atoms with van der Waals surface area (Å²) in [6.07, 6.45) is 1.49. The molecule has 0 spiro atoms. The highest BCUT2D eigenvalue weighted by molar-refractivity contribution is 5.85. The van der Waals surface area contributed by atoms with Gasteiger partial charge in [-0.05, 0) is 24.6 Å². The molecule has 0 bridgehead atoms. The highest BCUT2D eigenvalue weighted by atomic mass is 16.5. The molecule has 1 saturated heterocycles. The Morgan fingerprint density at radius 1 is 1.43 bits per heavy atom. The number of hydrogen-bond acceptors (Lipinski definition) is 4. The van der Waals surface area contributed by atoms with Crippen molar-refractivity contribution in [1.29, 1.82) is 0 Å². The Bertz CT molecular complexity index is 627. The number of urea groups is 1. The smallest absolute Gasteiger partial charge is 0.319 e. The Balaban J connectivity index is 2.31. The first-order valence-corrected chi connectivity index (χ1v) is 7.33. The van der Waals surface area contributed by atoms with Crippen LogP contribution in [0, 0.1) is 5.92 Å². The second kappa shape index (κ2) is 7.49. The van der Waals surface area contributed by atoms with Crippen molar-refractivity contribution >= 4 is 12.0 Å². The molecule has 1 aromatic rings. The molecule has 2 rings (SSSR count). The fourth-order valence-electron chi connectivity index (χ4n) is 2.43. The van der Waals surface area contributed by atoms with Gasteiger partial charge in [0.1, 0.15) is 18.3 Å². The van der Waals surface area contributed by atoms with Crippen LogP contribution < -0.4 is 15.4 Å². The second-order valence-electron chi connectivity index (χ2n) is 5.00. The van der Waals surface area contributed by atoms with Crippen LogP contribution in [0.25, 0.3) is 0 Å². The Morgan fingerprint density at radius 3 is 2.91 bits per heavy atom. The zero-order valence-corrected chi connectivity index (χ0v) is 13.0. The van der Waals surface area contributed by atoms with Crippen molar-refractivity contribution in [2.75, 3.05) is 13.2 Å². The van der Waals surface area contributed by atoms with Crippen molar-refractivity contribution in [3.63, 3.8) is 0 Å². The van der Waals surface area contributed by atoms with Crippen LogP contribution in [0.1, 0.15) is 18.5 Å². The molecule has 2 atom stereocenters. The van der Waals surface area contributed by atoms with E-state index in [1.165, 1.54) is 6.08 Å². The Labute approximate surface area is 135 Å². The summed E-state index contributed by atoms with van der Waals surface area (Å²) in [6.45, 7) is 9.81. The summed E-state index contributed by atoms with van der Waals surface area (Å²) in [5, 5.41) is 5.27. The van der Waals surface area contributed by atoms with Gasteiger partial charge in [-0.2, -0.15) is 0 Å². The number of nitrogens with one attached hydrogen (secondary N) is 2. The number of hydrogen-bond donors (Lipinski definition) is 2. The third-order valence-corrected chi connectivity index (χ3v) is 3.40. The lowest BCUT2D eigenvalue weighted by Gasteiger charge is -2.33. The third-order valence-electron chi connectivity index (χ3n) is 3.40. The van der Waals surface area contributed by atoms with Gasteiger partial charge in [-0.15, -0.1) is 0 Å². The minimum atomic E-state index is -0.732. The zero-order valence-electron chi connectivity index (χ0n) is 13.0. The second-order valence-corrected chi connectivity index (χ2v) is 5.00. The average Bonchev–Trinajstić information content (AvgIpc) is 2.52. The number of rotatable bonds is 6. The molecule has 1 fully saturated rings. The molecule has 0 unspecified atom stereocenters. The molecule has 1 aliphatic rings. The largest absolute Gasteiger partial charge is 0.494 e. The van der Waals surface area contributed by atoms with Gasteiger partial charge in [-0.25, -0.2) is 4.79 Å². The summed E-state index contributed by atoms with van der Waals surface area (Å²) in [5.74, 6) is -0.541. The predicted molar refractivity (Wildman–Crippen MR) is 85.8 cm³/mol. The van der Waals surface area contributed by atoms with Gasteiger partial charge in [0.25, 0.3) is 0 Å². The van der Waals surface area contributed by atoms with E-state index in [-0.39, 0.29) is 6.61 Å². The van der Waals surface area contributed by atoms with Crippen molar-refractivity contribution in [2.24, 2.45) is 5.92 Å². The fraction of sp³-hybridized carbons (Fsp3) is 0.294. The minimum absolute atomic E-state index is 0.0995. The van der Waals surface area contributed by atoms with Crippen LogP contribution in [0.15, 0.2) is 49.2 Å². The highest BCUT2D eigenvalue weighted by Crippen LogP contribution is 2.32. The number of carbonyl (C=O) groups excluding carboxylic acids is 2. The third kappa shape index (κ3) is 3.91. The molecule has 122 valence electrons. The van der Waals surface area contributed by atoms with Gasteiger partial charge in [0, 0.05) is 5.70 Å². The van der Waals surface area contributed by atoms with E-state index in [2.05, 4.69) is 23.8 Å². The molecular formula is C17H20N2O4. The van der Waals surface area contributed by atoms with Gasteiger partial charge >= 0.3 is 12.0 Å². The predicted octanol–water partition coefficient (Wildman–Crippen LogP) is 2.30. The molecule has 0 saturated carbocycles. The van der Waals surface area contributed by atoms with E-state index < -0.39 is 24.0 Å². The van der Waals surface area contributed by atoms with Crippen LogP contribution in [-0.4, -0.2) is 25.2 Å². The molecule has 6 heteroatoms. The number of amides is 2. The molecule has 1 heterocycles. The van der Waals surface area contributed by atoms with E-state index in [0.717, 1.165) is 5.56 Å². The maximum atomic E-state index is 12.3. The number of ether oxygens (including phenoxy) is 2. The highest BCUT2D eigenvalue weighted by Gasteiger charge is 2.38. The van der Waals surface area contributed by atoms with Crippen molar-refractivity contribution in [3.05, 3.63) is 54.8 Å². The SMILES string of the molecule is C=CCOC(=O)[C@H]1C(=C)NC(=O)N[C@@H]1c1cccc(OCC)c1. The van der Waals surface area contributed by atoms with Crippen LogP contribution >= 0.6 is 0 Å². The number of benzene rings is 1. The van der Waals surface area contributed by atoms with E-state index in [9.17, 15) is 9.59 Å². The molecule has 2 amide bonds. The molecule has 6 nitrogen and oxygen atoms in total. The lowest BCUT2D eigenvalue weighted by atomic mass is 9.89. The molecule has 0 radical (unpaired) electrons. The van der Waals surface area contributed by atoms with E-state index in [1.54, 1.807) is 6.07 Å². The average molecular weight is 316 g/mol.